The summed E-state index contributed by atoms with van der Waals surface area (Å²) in [6, 6.07) is 13.6. The highest BCUT2D eigenvalue weighted by molar-refractivity contribution is 5.85. The van der Waals surface area contributed by atoms with Gasteiger partial charge in [0.1, 0.15) is 6.04 Å². The second kappa shape index (κ2) is 5.69. The van der Waals surface area contributed by atoms with Crippen molar-refractivity contribution in [3.63, 3.8) is 0 Å². The summed E-state index contributed by atoms with van der Waals surface area (Å²) >= 11 is 0. The zero-order chi connectivity index (χ0) is 17.7. The van der Waals surface area contributed by atoms with Crippen LogP contribution in [0.5, 0.6) is 11.5 Å². The van der Waals surface area contributed by atoms with E-state index in [0.717, 1.165) is 28.4 Å². The van der Waals surface area contributed by atoms with Crippen LogP contribution >= 0.6 is 0 Å². The Morgan fingerprint density at radius 3 is 2.88 bits per heavy atom. The molecule has 26 heavy (non-hydrogen) atoms. The van der Waals surface area contributed by atoms with Gasteiger partial charge in [-0.3, -0.25) is 0 Å². The third-order valence-electron chi connectivity index (χ3n) is 5.16. The normalized spacial score (nSPS) is 22.2. The number of para-hydroxylation sites is 1. The molecule has 5 rings (SSSR count). The van der Waals surface area contributed by atoms with Crippen LogP contribution in [0.4, 0.5) is 5.69 Å². The number of hydrogen-bond donors (Lipinski definition) is 2. The SMILES string of the molecule is COC(=O)C1CC2C(=C(c3ccc4c(c3)OCO4)N1)Nc1ccccc12. The molecule has 3 aliphatic heterocycles. The summed E-state index contributed by atoms with van der Waals surface area (Å²) in [5.41, 5.74) is 5.20. The number of rotatable bonds is 2. The first kappa shape index (κ1) is 15.1. The lowest BCUT2D eigenvalue weighted by molar-refractivity contribution is -0.143. The largest absolute Gasteiger partial charge is 0.467 e. The lowest BCUT2D eigenvalue weighted by Crippen LogP contribution is -2.42. The summed E-state index contributed by atoms with van der Waals surface area (Å²) in [5.74, 6) is 1.31. The van der Waals surface area contributed by atoms with E-state index in [1.165, 1.54) is 12.7 Å². The second-order valence-corrected chi connectivity index (χ2v) is 6.58. The molecule has 0 spiro atoms. The van der Waals surface area contributed by atoms with E-state index in [1.54, 1.807) is 0 Å². The summed E-state index contributed by atoms with van der Waals surface area (Å²) in [6.45, 7) is 0.231. The molecule has 0 saturated carbocycles. The summed E-state index contributed by atoms with van der Waals surface area (Å²) in [7, 11) is 1.42. The van der Waals surface area contributed by atoms with Crippen molar-refractivity contribution >= 4 is 17.4 Å². The van der Waals surface area contributed by atoms with Crippen molar-refractivity contribution in [3.05, 3.63) is 59.3 Å². The summed E-state index contributed by atoms with van der Waals surface area (Å²) in [6.07, 6.45) is 0.653. The molecule has 3 aliphatic rings. The van der Waals surface area contributed by atoms with Crippen molar-refractivity contribution in [2.75, 3.05) is 19.2 Å². The van der Waals surface area contributed by atoms with E-state index >= 15 is 0 Å². The number of fused-ring (bicyclic) bond motifs is 4. The molecule has 2 N–H and O–H groups in total. The number of esters is 1. The number of benzene rings is 2. The third kappa shape index (κ3) is 2.22. The first-order valence-electron chi connectivity index (χ1n) is 8.59. The number of nitrogens with one attached hydrogen (secondary N) is 2. The molecule has 0 fully saturated rings. The van der Waals surface area contributed by atoms with Crippen LogP contribution in [0.1, 0.15) is 23.5 Å². The summed E-state index contributed by atoms with van der Waals surface area (Å²) in [5, 5.41) is 6.89. The molecule has 2 aromatic carbocycles. The van der Waals surface area contributed by atoms with Crippen molar-refractivity contribution in [3.8, 4) is 11.5 Å². The maximum atomic E-state index is 12.3. The molecule has 3 heterocycles. The molecule has 6 heteroatoms. The Morgan fingerprint density at radius 1 is 1.15 bits per heavy atom. The van der Waals surface area contributed by atoms with Gasteiger partial charge in [-0.05, 0) is 36.2 Å². The Labute approximate surface area is 150 Å². The van der Waals surface area contributed by atoms with Gasteiger partial charge in [-0.25, -0.2) is 4.79 Å². The lowest BCUT2D eigenvalue weighted by atomic mass is 9.86. The van der Waals surface area contributed by atoms with E-state index in [-0.39, 0.29) is 18.7 Å². The van der Waals surface area contributed by atoms with Crippen LogP contribution in [0.25, 0.3) is 5.70 Å². The Bertz CT molecular complexity index is 937. The summed E-state index contributed by atoms with van der Waals surface area (Å²) in [4.78, 5) is 12.3. The average molecular weight is 350 g/mol. The van der Waals surface area contributed by atoms with Crippen LogP contribution in [0.3, 0.4) is 0 Å². The van der Waals surface area contributed by atoms with E-state index in [0.29, 0.717) is 12.2 Å². The van der Waals surface area contributed by atoms with Crippen LogP contribution in [-0.4, -0.2) is 25.9 Å². The van der Waals surface area contributed by atoms with E-state index in [4.69, 9.17) is 14.2 Å². The molecule has 0 aliphatic carbocycles. The van der Waals surface area contributed by atoms with Crippen molar-refractivity contribution in [2.24, 2.45) is 0 Å². The molecule has 2 atom stereocenters. The smallest absolute Gasteiger partial charge is 0.328 e. The maximum absolute atomic E-state index is 12.3. The van der Waals surface area contributed by atoms with Crippen LogP contribution in [0.2, 0.25) is 0 Å². The summed E-state index contributed by atoms with van der Waals surface area (Å²) < 4.78 is 15.9. The van der Waals surface area contributed by atoms with Gasteiger partial charge in [0, 0.05) is 22.9 Å². The molecular formula is C20H18N2O4. The van der Waals surface area contributed by atoms with Gasteiger partial charge in [-0.1, -0.05) is 18.2 Å². The van der Waals surface area contributed by atoms with Crippen molar-refractivity contribution in [2.45, 2.75) is 18.4 Å². The zero-order valence-electron chi connectivity index (χ0n) is 14.2. The van der Waals surface area contributed by atoms with E-state index < -0.39 is 6.04 Å². The molecule has 0 amide bonds. The number of ether oxygens (including phenoxy) is 3. The fourth-order valence-corrected chi connectivity index (χ4v) is 3.92. The Balaban J connectivity index is 1.63. The first-order valence-corrected chi connectivity index (χ1v) is 8.59. The minimum atomic E-state index is -0.401. The Hall–Kier alpha value is -3.15. The van der Waals surface area contributed by atoms with Gasteiger partial charge in [0.05, 0.1) is 12.8 Å². The molecular weight excluding hydrogens is 332 g/mol. The second-order valence-electron chi connectivity index (χ2n) is 6.58. The number of anilines is 1. The Morgan fingerprint density at radius 2 is 2.00 bits per heavy atom. The maximum Gasteiger partial charge on any atom is 0.328 e. The topological polar surface area (TPSA) is 68.8 Å². The minimum absolute atomic E-state index is 0.122. The highest BCUT2D eigenvalue weighted by atomic mass is 16.7. The highest BCUT2D eigenvalue weighted by Gasteiger charge is 2.39. The third-order valence-corrected chi connectivity index (χ3v) is 5.16. The van der Waals surface area contributed by atoms with Crippen LogP contribution in [-0.2, 0) is 9.53 Å². The van der Waals surface area contributed by atoms with Gasteiger partial charge in [0.25, 0.3) is 0 Å². The number of carbonyl (C=O) groups excluding carboxylic acids is 1. The minimum Gasteiger partial charge on any atom is -0.467 e. The number of hydrogen-bond acceptors (Lipinski definition) is 6. The first-order chi connectivity index (χ1) is 12.7. The highest BCUT2D eigenvalue weighted by Crippen LogP contribution is 2.47. The van der Waals surface area contributed by atoms with Crippen molar-refractivity contribution in [1.82, 2.24) is 5.32 Å². The Kier molecular flexibility index (Phi) is 3.31. The lowest BCUT2D eigenvalue weighted by Gasteiger charge is -2.31. The fraction of sp³-hybridized carbons (Fsp3) is 0.250. The molecule has 2 aromatic rings. The van der Waals surface area contributed by atoms with Crippen molar-refractivity contribution < 1.29 is 19.0 Å². The predicted molar refractivity (Wildman–Crippen MR) is 95.8 cm³/mol. The van der Waals surface area contributed by atoms with Gasteiger partial charge < -0.3 is 24.8 Å². The van der Waals surface area contributed by atoms with E-state index in [1.807, 2.05) is 30.3 Å². The average Bonchev–Trinajstić information content (AvgIpc) is 3.30. The zero-order valence-corrected chi connectivity index (χ0v) is 14.2. The molecule has 0 bridgehead atoms. The number of allylic oxidation sites excluding steroid dienone is 1. The van der Waals surface area contributed by atoms with Crippen LogP contribution in [0, 0.1) is 0 Å². The standard InChI is InChI=1S/C20H18N2O4/c1-24-20(23)15-9-13-12-4-2-3-5-14(12)21-19(13)18(22-15)11-6-7-16-17(8-11)26-10-25-16/h2-8,13,15,21-22H,9-10H2,1H3. The molecule has 6 nitrogen and oxygen atoms in total. The van der Waals surface area contributed by atoms with Gasteiger partial charge in [0.15, 0.2) is 11.5 Å². The van der Waals surface area contributed by atoms with Gasteiger partial charge in [-0.15, -0.1) is 0 Å². The number of methoxy groups -OCH3 is 1. The van der Waals surface area contributed by atoms with E-state index in [9.17, 15) is 4.79 Å². The van der Waals surface area contributed by atoms with Crippen LogP contribution in [0.15, 0.2) is 48.2 Å². The molecule has 0 aromatic heterocycles. The van der Waals surface area contributed by atoms with Crippen molar-refractivity contribution in [1.29, 1.82) is 0 Å². The monoisotopic (exact) mass is 350 g/mol. The molecule has 132 valence electrons. The van der Waals surface area contributed by atoms with Gasteiger partial charge >= 0.3 is 5.97 Å². The molecule has 0 saturated heterocycles. The van der Waals surface area contributed by atoms with E-state index in [2.05, 4.69) is 22.8 Å². The van der Waals surface area contributed by atoms with Crippen LogP contribution < -0.4 is 20.1 Å². The van der Waals surface area contributed by atoms with Gasteiger partial charge in [-0.2, -0.15) is 0 Å². The molecule has 0 radical (unpaired) electrons. The fourth-order valence-electron chi connectivity index (χ4n) is 3.92. The number of carbonyl (C=O) groups is 1. The van der Waals surface area contributed by atoms with Gasteiger partial charge in [0.2, 0.25) is 6.79 Å². The quantitative estimate of drug-likeness (QED) is 0.812. The predicted octanol–water partition coefficient (Wildman–Crippen LogP) is 2.83. The molecule has 2 unspecified atom stereocenters.